The van der Waals surface area contributed by atoms with Crippen molar-refractivity contribution in [1.82, 2.24) is 9.80 Å². The first-order valence-corrected chi connectivity index (χ1v) is 11.1. The highest BCUT2D eigenvalue weighted by Crippen LogP contribution is 2.36. The van der Waals surface area contributed by atoms with Gasteiger partial charge in [-0.25, -0.2) is 4.39 Å². The summed E-state index contributed by atoms with van der Waals surface area (Å²) in [6.07, 6.45) is 3.75. The van der Waals surface area contributed by atoms with E-state index in [0.29, 0.717) is 30.2 Å². The zero-order valence-electron chi connectivity index (χ0n) is 18.4. The van der Waals surface area contributed by atoms with Crippen LogP contribution < -0.4 is 9.47 Å². The lowest BCUT2D eigenvalue weighted by Crippen LogP contribution is -2.36. The van der Waals surface area contributed by atoms with Crippen LogP contribution in [-0.4, -0.2) is 62.7 Å². The maximum Gasteiger partial charge on any atom is 0.254 e. The van der Waals surface area contributed by atoms with Gasteiger partial charge in [-0.05, 0) is 67.7 Å². The van der Waals surface area contributed by atoms with E-state index in [9.17, 15) is 9.18 Å². The predicted molar refractivity (Wildman–Crippen MR) is 118 cm³/mol. The van der Waals surface area contributed by atoms with Crippen molar-refractivity contribution in [3.05, 3.63) is 59.4 Å². The second kappa shape index (κ2) is 9.69. The number of carbonyl (C=O) groups excluding carboxylic acids is 1. The molecule has 4 rings (SSSR count). The minimum Gasteiger partial charge on any atom is -0.493 e. The maximum atomic E-state index is 14.0. The molecule has 2 atom stereocenters. The Kier molecular flexibility index (Phi) is 6.76. The average Bonchev–Trinajstić information content (AvgIpc) is 3.22. The number of hydrogen-bond acceptors (Lipinski definition) is 4. The monoisotopic (exact) mass is 426 g/mol. The van der Waals surface area contributed by atoms with Crippen molar-refractivity contribution in [3.8, 4) is 11.5 Å². The zero-order chi connectivity index (χ0) is 21.8. The Hall–Kier alpha value is -2.60. The normalized spacial score (nSPS) is 21.8. The highest BCUT2D eigenvalue weighted by Gasteiger charge is 2.37. The molecule has 5 nitrogen and oxygen atoms in total. The summed E-state index contributed by atoms with van der Waals surface area (Å²) in [5.41, 5.74) is 1.55. The number of hydrogen-bond donors (Lipinski definition) is 0. The Balaban J connectivity index is 1.56. The van der Waals surface area contributed by atoms with Crippen molar-refractivity contribution in [2.75, 3.05) is 46.9 Å². The maximum absolute atomic E-state index is 14.0. The number of likely N-dealkylation sites (tertiary alicyclic amines) is 2. The van der Waals surface area contributed by atoms with E-state index in [1.165, 1.54) is 25.3 Å². The molecule has 0 unspecified atom stereocenters. The molecule has 0 bridgehead atoms. The van der Waals surface area contributed by atoms with E-state index < -0.39 is 0 Å². The van der Waals surface area contributed by atoms with E-state index in [4.69, 9.17) is 9.47 Å². The van der Waals surface area contributed by atoms with E-state index in [0.717, 1.165) is 25.2 Å². The lowest BCUT2D eigenvalue weighted by Gasteiger charge is -2.31. The quantitative estimate of drug-likeness (QED) is 0.695. The van der Waals surface area contributed by atoms with Crippen LogP contribution in [0.25, 0.3) is 0 Å². The standard InChI is InChI=1S/C25H31FN2O3/c1-30-23-10-9-19(14-24(23)31-2)25(29)28-16-20(15-27-11-4-3-5-12-27)22(17-28)18-7-6-8-21(26)13-18/h6-10,13-14,20,22H,3-5,11-12,15-17H2,1-2H3/t20-,22-/m0/s1. The van der Waals surface area contributed by atoms with Crippen LogP contribution in [0, 0.1) is 11.7 Å². The second-order valence-electron chi connectivity index (χ2n) is 8.56. The van der Waals surface area contributed by atoms with Gasteiger partial charge in [-0.3, -0.25) is 4.79 Å². The van der Waals surface area contributed by atoms with E-state index in [-0.39, 0.29) is 23.6 Å². The van der Waals surface area contributed by atoms with Crippen molar-refractivity contribution in [2.24, 2.45) is 5.92 Å². The summed E-state index contributed by atoms with van der Waals surface area (Å²) >= 11 is 0. The highest BCUT2D eigenvalue weighted by atomic mass is 19.1. The molecule has 2 aromatic rings. The molecule has 0 aliphatic carbocycles. The van der Waals surface area contributed by atoms with Crippen LogP contribution in [0.1, 0.15) is 41.1 Å². The van der Waals surface area contributed by atoms with Gasteiger partial charge in [-0.2, -0.15) is 0 Å². The van der Waals surface area contributed by atoms with Crippen LogP contribution in [0.3, 0.4) is 0 Å². The van der Waals surface area contributed by atoms with Crippen LogP contribution in [0.2, 0.25) is 0 Å². The topological polar surface area (TPSA) is 42.0 Å². The van der Waals surface area contributed by atoms with Crippen LogP contribution in [0.4, 0.5) is 4.39 Å². The summed E-state index contributed by atoms with van der Waals surface area (Å²) in [6, 6.07) is 12.1. The number of benzene rings is 2. The first kappa shape index (κ1) is 21.6. The summed E-state index contributed by atoms with van der Waals surface area (Å²) in [5, 5.41) is 0. The fraction of sp³-hybridized carbons (Fsp3) is 0.480. The lowest BCUT2D eigenvalue weighted by molar-refractivity contribution is 0.0781. The SMILES string of the molecule is COc1ccc(C(=O)N2C[C@H](CN3CCCCC3)[C@H](c3cccc(F)c3)C2)cc1OC. The number of ether oxygens (including phenoxy) is 2. The summed E-state index contributed by atoms with van der Waals surface area (Å²) in [5.74, 6) is 1.30. The smallest absolute Gasteiger partial charge is 0.254 e. The number of rotatable bonds is 6. The van der Waals surface area contributed by atoms with Gasteiger partial charge >= 0.3 is 0 Å². The Morgan fingerprint density at radius 2 is 1.77 bits per heavy atom. The van der Waals surface area contributed by atoms with E-state index >= 15 is 0 Å². The van der Waals surface area contributed by atoms with Gasteiger partial charge in [-0.1, -0.05) is 18.6 Å². The fourth-order valence-corrected chi connectivity index (χ4v) is 4.96. The van der Waals surface area contributed by atoms with Crippen molar-refractivity contribution in [2.45, 2.75) is 25.2 Å². The number of halogens is 1. The molecule has 0 saturated carbocycles. The molecule has 1 amide bonds. The molecule has 0 N–H and O–H groups in total. The van der Waals surface area contributed by atoms with Crippen LogP contribution in [0.5, 0.6) is 11.5 Å². The number of methoxy groups -OCH3 is 2. The molecule has 166 valence electrons. The van der Waals surface area contributed by atoms with Gasteiger partial charge in [0.05, 0.1) is 14.2 Å². The summed E-state index contributed by atoms with van der Waals surface area (Å²) in [7, 11) is 3.14. The van der Waals surface area contributed by atoms with Crippen LogP contribution in [-0.2, 0) is 0 Å². The number of nitrogens with zero attached hydrogens (tertiary/aromatic N) is 2. The first-order valence-electron chi connectivity index (χ1n) is 11.1. The first-order chi connectivity index (χ1) is 15.1. The molecule has 2 heterocycles. The molecule has 2 aromatic carbocycles. The van der Waals surface area contributed by atoms with E-state index in [2.05, 4.69) is 4.90 Å². The molecular weight excluding hydrogens is 395 g/mol. The highest BCUT2D eigenvalue weighted by molar-refractivity contribution is 5.95. The summed E-state index contributed by atoms with van der Waals surface area (Å²) in [6.45, 7) is 4.42. The lowest BCUT2D eigenvalue weighted by atomic mass is 9.88. The molecule has 0 spiro atoms. The fourth-order valence-electron chi connectivity index (χ4n) is 4.96. The van der Waals surface area contributed by atoms with Gasteiger partial charge < -0.3 is 19.3 Å². The van der Waals surface area contributed by atoms with Crippen molar-refractivity contribution in [1.29, 1.82) is 0 Å². The van der Waals surface area contributed by atoms with Gasteiger partial charge in [0.2, 0.25) is 0 Å². The molecular formula is C25H31FN2O3. The van der Waals surface area contributed by atoms with Crippen molar-refractivity contribution < 1.29 is 18.7 Å². The van der Waals surface area contributed by atoms with E-state index in [1.807, 2.05) is 11.0 Å². The van der Waals surface area contributed by atoms with Gasteiger partial charge in [0, 0.05) is 31.1 Å². The Labute approximate surface area is 183 Å². The molecule has 0 aromatic heterocycles. The zero-order valence-corrected chi connectivity index (χ0v) is 18.4. The minimum absolute atomic E-state index is 0.0245. The molecule has 2 saturated heterocycles. The molecule has 6 heteroatoms. The number of amides is 1. The van der Waals surface area contributed by atoms with Crippen molar-refractivity contribution in [3.63, 3.8) is 0 Å². The third-order valence-electron chi connectivity index (χ3n) is 6.58. The molecule has 2 aliphatic rings. The minimum atomic E-state index is -0.223. The van der Waals surface area contributed by atoms with Crippen LogP contribution >= 0.6 is 0 Å². The Bertz CT molecular complexity index is 913. The van der Waals surface area contributed by atoms with Gasteiger partial charge in [0.25, 0.3) is 5.91 Å². The third kappa shape index (κ3) is 4.85. The summed E-state index contributed by atoms with van der Waals surface area (Å²) < 4.78 is 24.6. The number of piperidine rings is 1. The Morgan fingerprint density at radius 3 is 2.48 bits per heavy atom. The third-order valence-corrected chi connectivity index (χ3v) is 6.58. The average molecular weight is 427 g/mol. The van der Waals surface area contributed by atoms with Gasteiger partial charge in [0.1, 0.15) is 5.82 Å². The summed E-state index contributed by atoms with van der Waals surface area (Å²) in [4.78, 5) is 17.8. The second-order valence-corrected chi connectivity index (χ2v) is 8.56. The largest absolute Gasteiger partial charge is 0.493 e. The van der Waals surface area contributed by atoms with Gasteiger partial charge in [0.15, 0.2) is 11.5 Å². The van der Waals surface area contributed by atoms with E-state index in [1.54, 1.807) is 44.6 Å². The molecule has 31 heavy (non-hydrogen) atoms. The van der Waals surface area contributed by atoms with Crippen LogP contribution in [0.15, 0.2) is 42.5 Å². The predicted octanol–water partition coefficient (Wildman–Crippen LogP) is 4.18. The van der Waals surface area contributed by atoms with Crippen molar-refractivity contribution >= 4 is 5.91 Å². The Morgan fingerprint density at radius 1 is 1.00 bits per heavy atom. The van der Waals surface area contributed by atoms with Gasteiger partial charge in [-0.15, -0.1) is 0 Å². The molecule has 2 aliphatic heterocycles. The number of carbonyl (C=O) groups is 1. The molecule has 0 radical (unpaired) electrons. The molecule has 2 fully saturated rings.